The molecule has 6 aromatic carbocycles. The van der Waals surface area contributed by atoms with Crippen LogP contribution in [0.25, 0.3) is 99.5 Å². The van der Waals surface area contributed by atoms with E-state index in [-0.39, 0.29) is 29.6 Å². The summed E-state index contributed by atoms with van der Waals surface area (Å²) in [4.78, 5) is 62.6. The average molecular weight is 2070 g/mol. The number of rotatable bonds is 20. The highest BCUT2D eigenvalue weighted by Crippen LogP contribution is 2.42. The number of aryl methyl sites for hydroxylation is 1. The fraction of sp³-hybridized carbons (Fsp3) is 0.327. The predicted molar refractivity (Wildman–Crippen MR) is 589 cm³/mol. The van der Waals surface area contributed by atoms with Gasteiger partial charge >= 0.3 is 0 Å². The number of aromatic hydroxyl groups is 1. The minimum atomic E-state index is -0.449. The number of nitrogens with zero attached hydrogens (tertiary/aromatic N) is 21. The van der Waals surface area contributed by atoms with Crippen molar-refractivity contribution in [3.8, 4) is 39.9 Å². The van der Waals surface area contributed by atoms with E-state index in [1.807, 2.05) is 207 Å². The van der Waals surface area contributed by atoms with Gasteiger partial charge in [0, 0.05) is 205 Å². The van der Waals surface area contributed by atoms with E-state index in [0.29, 0.717) is 45.6 Å². The van der Waals surface area contributed by atoms with Gasteiger partial charge in [0.25, 0.3) is 0 Å². The third-order valence-corrected chi connectivity index (χ3v) is 29.1. The zero-order chi connectivity index (χ0) is 102. The third-order valence-electron chi connectivity index (χ3n) is 28.1. The summed E-state index contributed by atoms with van der Waals surface area (Å²) in [6.07, 6.45) is 38.3. The minimum Gasteiger partial charge on any atom is -0.506 e. The van der Waals surface area contributed by atoms with Crippen molar-refractivity contribution in [3.63, 3.8) is 0 Å². The second-order valence-corrected chi connectivity index (χ2v) is 39.5. The average Bonchev–Trinajstić information content (AvgIpc) is 1.64. The number of carbonyl (C=O) groups is 2. The number of fused-ring (bicyclic) bond motifs is 6. The zero-order valence-corrected chi connectivity index (χ0v) is 86.3. The number of alkyl halides is 1. The van der Waals surface area contributed by atoms with Gasteiger partial charge in [-0.05, 0) is 259 Å². The molecule has 18 aromatic rings. The number of piperidine rings is 3. The maximum atomic E-state index is 13.4. The van der Waals surface area contributed by atoms with Gasteiger partial charge in [-0.1, -0.05) is 89.6 Å². The van der Waals surface area contributed by atoms with Gasteiger partial charge in [0.15, 0.2) is 17.5 Å². The molecule has 30 nitrogen and oxygen atoms in total. The monoisotopic (exact) mass is 2070 g/mol. The number of anilines is 4. The van der Waals surface area contributed by atoms with E-state index < -0.39 is 6.67 Å². The fourth-order valence-corrected chi connectivity index (χ4v) is 20.9. The number of ether oxygens (including phenoxy) is 2. The predicted octanol–water partition coefficient (Wildman–Crippen LogP) is 20.5. The first-order valence-electron chi connectivity index (χ1n) is 51.1. The maximum absolute atomic E-state index is 13.4. The van der Waals surface area contributed by atoms with Crippen molar-refractivity contribution in [2.24, 2.45) is 5.73 Å². The number of carbonyl (C=O) groups excluding carboxylic acids is 2. The van der Waals surface area contributed by atoms with Crippen LogP contribution >= 0.6 is 46.4 Å². The highest BCUT2D eigenvalue weighted by Gasteiger charge is 2.37. The highest BCUT2D eigenvalue weighted by atomic mass is 35.5. The molecule has 12 aromatic heterocycles. The van der Waals surface area contributed by atoms with E-state index in [1.54, 1.807) is 30.7 Å². The van der Waals surface area contributed by atoms with Crippen molar-refractivity contribution in [1.29, 1.82) is 0 Å². The summed E-state index contributed by atoms with van der Waals surface area (Å²) >= 11 is 24.1. The molecule has 2 atom stereocenters. The first kappa shape index (κ1) is 103. The Bertz CT molecular complexity index is 7490. The molecule has 764 valence electrons. The molecule has 0 aliphatic carbocycles. The summed E-state index contributed by atoms with van der Waals surface area (Å²) in [5.41, 5.74) is 22.9. The number of benzene rings is 6. The number of pyridine rings is 6. The summed E-state index contributed by atoms with van der Waals surface area (Å²) < 4.78 is 35.6. The first-order valence-corrected chi connectivity index (χ1v) is 52.6. The molecule has 35 heteroatoms. The van der Waals surface area contributed by atoms with Crippen molar-refractivity contribution >= 4 is 147 Å². The number of nitrogens with two attached hydrogens (primary N) is 1. The second-order valence-electron chi connectivity index (χ2n) is 37.8. The van der Waals surface area contributed by atoms with Gasteiger partial charge in [-0.25, -0.2) is 23.1 Å². The van der Waals surface area contributed by atoms with Gasteiger partial charge in [0.05, 0.1) is 124 Å². The normalized spacial score (nSPS) is 16.2. The Balaban J connectivity index is 0.000000112. The Morgan fingerprint density at radius 2 is 0.919 bits per heavy atom. The molecule has 6 N–H and O–H groups in total. The number of piperazine rings is 1. The molecule has 6 aliphatic heterocycles. The summed E-state index contributed by atoms with van der Waals surface area (Å²) in [5, 5.41) is 48.7. The topological polar surface area (TPSA) is 310 Å². The molecule has 18 heterocycles. The number of amides is 2. The SMILES string of the molecule is CCCCN(C)c1nn(-c2ccc(Cl)cc2)c2cnccc12.Cc1ccc(-n2cc(N3CCOCC3)c3ccncc32)cc1.FCc1ccc(-n2nc(C3CCOCC3)c3ccncc32)cc1.NCCNC(=O)C1CCCCN1c1nn(-c2ccc(Cl)cc2)c2cnccc12.O=C(C1CCCCN1c1nn(-c2ccc(Cl)cc2)c2cnccc12)N1CCNCC1.Oc1cncc2c1c(C1CCNCC1)cn2-c1ccc(Cl)cc1. The highest BCUT2D eigenvalue weighted by molar-refractivity contribution is 6.31. The lowest BCUT2D eigenvalue weighted by molar-refractivity contribution is -0.133. The molecule has 24 rings (SSSR count). The molecule has 0 radical (unpaired) electrons. The molecular weight excluding hydrogens is 1950 g/mol. The van der Waals surface area contributed by atoms with E-state index in [2.05, 4.69) is 138 Å². The van der Waals surface area contributed by atoms with Gasteiger partial charge in [-0.15, -0.1) is 15.3 Å². The Kier molecular flexibility index (Phi) is 33.8. The van der Waals surface area contributed by atoms with Crippen LogP contribution in [-0.2, 0) is 25.7 Å². The molecule has 6 fully saturated rings. The molecule has 0 saturated carbocycles. The van der Waals surface area contributed by atoms with Crippen LogP contribution in [0.3, 0.4) is 0 Å². The Morgan fingerprint density at radius 3 is 1.47 bits per heavy atom. The number of aromatic nitrogens is 16. The molecular formula is C113H122Cl4FN25O5. The van der Waals surface area contributed by atoms with Gasteiger partial charge < -0.3 is 69.9 Å². The molecule has 0 bridgehead atoms. The van der Waals surface area contributed by atoms with Gasteiger partial charge in [0.1, 0.15) is 24.5 Å². The lowest BCUT2D eigenvalue weighted by Gasteiger charge is -2.39. The van der Waals surface area contributed by atoms with Gasteiger partial charge in [0.2, 0.25) is 11.8 Å². The quantitative estimate of drug-likeness (QED) is 0.0473. The molecule has 6 aliphatic rings. The van der Waals surface area contributed by atoms with Crippen LogP contribution in [-0.4, -0.2) is 231 Å². The third kappa shape index (κ3) is 23.4. The summed E-state index contributed by atoms with van der Waals surface area (Å²) in [6, 6.07) is 56.3. The number of hydrogen-bond acceptors (Lipinski definition) is 22. The smallest absolute Gasteiger partial charge is 0.245 e. The lowest BCUT2D eigenvalue weighted by Crippen LogP contribution is -2.55. The van der Waals surface area contributed by atoms with Crippen LogP contribution in [0.5, 0.6) is 5.75 Å². The van der Waals surface area contributed by atoms with Crippen molar-refractivity contribution < 1.29 is 28.6 Å². The molecule has 2 amide bonds. The number of hydrogen-bond donors (Lipinski definition) is 5. The second kappa shape index (κ2) is 48.8. The Hall–Kier alpha value is -14.0. The number of unbranched alkanes of at least 4 members (excludes halogenated alkanes) is 1. The summed E-state index contributed by atoms with van der Waals surface area (Å²) in [7, 11) is 2.09. The molecule has 6 saturated heterocycles. The van der Waals surface area contributed by atoms with E-state index >= 15 is 0 Å². The van der Waals surface area contributed by atoms with E-state index in [4.69, 9.17) is 82.0 Å². The van der Waals surface area contributed by atoms with Gasteiger partial charge in [-0.3, -0.25) is 39.5 Å². The number of nitrogens with one attached hydrogen (secondary N) is 3. The van der Waals surface area contributed by atoms with Crippen LogP contribution in [0.15, 0.2) is 263 Å². The van der Waals surface area contributed by atoms with Crippen LogP contribution in [0.4, 0.5) is 27.5 Å². The van der Waals surface area contributed by atoms with Crippen molar-refractivity contribution in [3.05, 3.63) is 305 Å². The molecule has 0 spiro atoms. The van der Waals surface area contributed by atoms with Crippen LogP contribution < -0.4 is 41.3 Å². The molecule has 148 heavy (non-hydrogen) atoms. The fourth-order valence-electron chi connectivity index (χ4n) is 20.4. The summed E-state index contributed by atoms with van der Waals surface area (Å²) in [6.45, 7) is 17.7. The van der Waals surface area contributed by atoms with Gasteiger partial charge in [-0.2, -0.15) is 5.10 Å². The van der Waals surface area contributed by atoms with Crippen LogP contribution in [0, 0.1) is 6.92 Å². The zero-order valence-electron chi connectivity index (χ0n) is 83.3. The first-order chi connectivity index (χ1) is 72.5. The standard InChI is InChI=1S/C22H25ClN6O.C20H23ClN6O.C18H18ClN3O.C18H18FN3O.C18H19N3O.C17H19ClN4/c23-16-4-6-17(7-5-16)29-20-15-25-9-8-18(20)21(26-29)28-12-2-1-3-19(28)22(30)27-13-10-24-11-14-27;21-14-4-6-15(7-5-14)27-18-13-23-10-8-16(18)19(25-27)26-12-2-1-3-17(26)20(28)24-11-9-22;19-13-1-3-14(4-2-13)22-11-15(12-5-7-20-8-6-12)18-16(22)9-21-10-17(18)23;19-11-13-1-3-15(4-2-13)22-17-12-20-8-5-16(17)18(21-22)14-6-9-23-10-7-14;1-14-2-4-15(5-3-14)21-13-18(20-8-10-22-11-9-20)16-6-7-19-12-17(16)21;1-3-4-11-21(2)17-15-9-10-19-12-16(15)22(20-17)14-7-5-13(18)6-8-14/h4-9,15,19,24H,1-3,10-14H2;4-8,10,13,17H,1-3,9,11-12,22H2,(H,24,28);1-4,9-12,20,23H,5-8H2;1-5,8,12,14H,6-7,9-11H2;2-7,12-13H,8-11H2,1H3;5-10,12H,3-4,11H2,1-2H3. The van der Waals surface area contributed by atoms with Crippen molar-refractivity contribution in [1.82, 2.24) is 99.0 Å². The largest absolute Gasteiger partial charge is 0.506 e. The molecule has 2 unspecified atom stereocenters. The minimum absolute atomic E-state index is 0.00778. The van der Waals surface area contributed by atoms with E-state index in [9.17, 15) is 19.1 Å². The van der Waals surface area contributed by atoms with Crippen molar-refractivity contribution in [2.75, 3.05) is 138 Å². The maximum Gasteiger partial charge on any atom is 0.245 e. The van der Waals surface area contributed by atoms with Crippen molar-refractivity contribution in [2.45, 2.75) is 121 Å². The van der Waals surface area contributed by atoms with Crippen LogP contribution in [0.2, 0.25) is 20.1 Å². The van der Waals surface area contributed by atoms with E-state index in [0.717, 1.165) is 286 Å². The number of halogens is 5. The Labute approximate surface area is 878 Å². The van der Waals surface area contributed by atoms with Crippen LogP contribution in [0.1, 0.15) is 118 Å². The number of morpholine rings is 1. The van der Waals surface area contributed by atoms with E-state index in [1.165, 1.54) is 40.5 Å². The summed E-state index contributed by atoms with van der Waals surface area (Å²) in [5.74, 6) is 4.01. The lowest BCUT2D eigenvalue weighted by atomic mass is 9.90. The Morgan fingerprint density at radius 1 is 0.466 bits per heavy atom.